The van der Waals surface area contributed by atoms with Crippen molar-refractivity contribution in [1.82, 2.24) is 10.5 Å². The normalized spacial score (nSPS) is 13.3. The van der Waals surface area contributed by atoms with Crippen LogP contribution in [0.3, 0.4) is 0 Å². The molecule has 6 nitrogen and oxygen atoms in total. The number of phenols is 1. The molecule has 28 heavy (non-hydrogen) atoms. The fourth-order valence-corrected chi connectivity index (χ4v) is 2.76. The van der Waals surface area contributed by atoms with E-state index in [9.17, 15) is 14.3 Å². The second kappa shape index (κ2) is 7.72. The van der Waals surface area contributed by atoms with Crippen LogP contribution in [0.1, 0.15) is 29.0 Å². The van der Waals surface area contributed by atoms with Crippen LogP contribution in [0.15, 0.2) is 53.1 Å². The number of nitrogens with zero attached hydrogens (tertiary/aromatic N) is 1. The number of nitrogens with one attached hydrogen (secondary N) is 1. The van der Waals surface area contributed by atoms with E-state index in [-0.39, 0.29) is 17.9 Å². The molecule has 0 saturated heterocycles. The van der Waals surface area contributed by atoms with Gasteiger partial charge >= 0.3 is 0 Å². The molecule has 0 radical (unpaired) electrons. The van der Waals surface area contributed by atoms with Gasteiger partial charge in [-0.05, 0) is 43.0 Å². The standard InChI is InChI=1S/C21H19FN2O4/c22-19-4-2-1-3-18(19)20-10-17(28-24-20)11-23-21(26)14-7-15(25)9-16(8-14)27-12-13-5-6-13/h1-4,7-10,13,25H,5-6,11-12H2,(H,23,26). The molecule has 0 bridgehead atoms. The van der Waals surface area contributed by atoms with Crippen molar-refractivity contribution < 1.29 is 23.6 Å². The number of halogens is 1. The third-order valence-electron chi connectivity index (χ3n) is 4.47. The zero-order valence-corrected chi connectivity index (χ0v) is 15.0. The van der Waals surface area contributed by atoms with Crippen molar-refractivity contribution in [2.75, 3.05) is 6.61 Å². The van der Waals surface area contributed by atoms with Gasteiger partial charge in [0.1, 0.15) is 23.0 Å². The molecule has 1 amide bonds. The number of phenolic OH excluding ortho intramolecular Hbond substituents is 1. The highest BCUT2D eigenvalue weighted by molar-refractivity contribution is 5.95. The van der Waals surface area contributed by atoms with Crippen LogP contribution < -0.4 is 10.1 Å². The lowest BCUT2D eigenvalue weighted by molar-refractivity contribution is 0.0946. The Kier molecular flexibility index (Phi) is 4.97. The Hall–Kier alpha value is -3.35. The summed E-state index contributed by atoms with van der Waals surface area (Å²) in [7, 11) is 0. The van der Waals surface area contributed by atoms with E-state index in [1.54, 1.807) is 30.3 Å². The average Bonchev–Trinajstić information content (AvgIpc) is 3.40. The first-order valence-corrected chi connectivity index (χ1v) is 9.04. The van der Waals surface area contributed by atoms with Crippen LogP contribution in [-0.2, 0) is 6.54 Å². The number of aromatic hydroxyl groups is 1. The lowest BCUT2D eigenvalue weighted by atomic mass is 10.1. The second-order valence-electron chi connectivity index (χ2n) is 6.81. The van der Waals surface area contributed by atoms with E-state index in [1.807, 2.05) is 0 Å². The molecule has 0 atom stereocenters. The summed E-state index contributed by atoms with van der Waals surface area (Å²) >= 11 is 0. The number of carbonyl (C=O) groups is 1. The number of hydrogen-bond donors (Lipinski definition) is 2. The molecule has 2 N–H and O–H groups in total. The van der Waals surface area contributed by atoms with Crippen molar-refractivity contribution in [3.63, 3.8) is 0 Å². The van der Waals surface area contributed by atoms with Gasteiger partial charge in [0.25, 0.3) is 5.91 Å². The monoisotopic (exact) mass is 382 g/mol. The molecule has 1 aliphatic carbocycles. The van der Waals surface area contributed by atoms with Gasteiger partial charge in [-0.3, -0.25) is 4.79 Å². The van der Waals surface area contributed by atoms with Crippen LogP contribution in [0.25, 0.3) is 11.3 Å². The Labute approximate surface area is 160 Å². The van der Waals surface area contributed by atoms with Crippen LogP contribution >= 0.6 is 0 Å². The van der Waals surface area contributed by atoms with Crippen LogP contribution in [0.2, 0.25) is 0 Å². The van der Waals surface area contributed by atoms with Crippen molar-refractivity contribution in [1.29, 1.82) is 0 Å². The molecular weight excluding hydrogens is 363 g/mol. The zero-order chi connectivity index (χ0) is 19.5. The van der Waals surface area contributed by atoms with Gasteiger partial charge in [0, 0.05) is 23.3 Å². The summed E-state index contributed by atoms with van der Waals surface area (Å²) in [5.41, 5.74) is 0.962. The van der Waals surface area contributed by atoms with Gasteiger partial charge in [-0.25, -0.2) is 4.39 Å². The predicted molar refractivity (Wildman–Crippen MR) is 99.4 cm³/mol. The second-order valence-corrected chi connectivity index (χ2v) is 6.81. The molecule has 2 aromatic carbocycles. The zero-order valence-electron chi connectivity index (χ0n) is 15.0. The number of carbonyl (C=O) groups excluding carboxylic acids is 1. The predicted octanol–water partition coefficient (Wildman–Crippen LogP) is 3.91. The molecule has 1 heterocycles. The highest BCUT2D eigenvalue weighted by Gasteiger charge is 2.22. The largest absolute Gasteiger partial charge is 0.508 e. The summed E-state index contributed by atoms with van der Waals surface area (Å²) in [6.45, 7) is 0.662. The Bertz CT molecular complexity index is 998. The van der Waals surface area contributed by atoms with Crippen LogP contribution in [0.4, 0.5) is 4.39 Å². The number of rotatable bonds is 7. The number of amides is 1. The van der Waals surface area contributed by atoms with E-state index >= 15 is 0 Å². The lowest BCUT2D eigenvalue weighted by Crippen LogP contribution is -2.22. The molecular formula is C21H19FN2O4. The maximum Gasteiger partial charge on any atom is 0.251 e. The maximum absolute atomic E-state index is 13.8. The van der Waals surface area contributed by atoms with Crippen molar-refractivity contribution in [2.45, 2.75) is 19.4 Å². The SMILES string of the molecule is O=C(NCc1cc(-c2ccccc2F)no1)c1cc(O)cc(OCC2CC2)c1. The molecule has 1 aliphatic rings. The summed E-state index contributed by atoms with van der Waals surface area (Å²) in [6.07, 6.45) is 2.30. The van der Waals surface area contributed by atoms with E-state index in [0.717, 1.165) is 12.8 Å². The highest BCUT2D eigenvalue weighted by Crippen LogP contribution is 2.30. The minimum absolute atomic E-state index is 0.0417. The van der Waals surface area contributed by atoms with Crippen molar-refractivity contribution in [3.05, 3.63) is 65.7 Å². The quantitative estimate of drug-likeness (QED) is 0.647. The van der Waals surface area contributed by atoms with E-state index in [4.69, 9.17) is 9.26 Å². The van der Waals surface area contributed by atoms with Crippen LogP contribution in [-0.4, -0.2) is 22.8 Å². The molecule has 3 aromatic rings. The molecule has 0 spiro atoms. The topological polar surface area (TPSA) is 84.6 Å². The van der Waals surface area contributed by atoms with E-state index in [1.165, 1.54) is 18.2 Å². The third-order valence-corrected chi connectivity index (χ3v) is 4.47. The van der Waals surface area contributed by atoms with Gasteiger partial charge in [0.05, 0.1) is 13.2 Å². The molecule has 4 rings (SSSR count). The Morgan fingerprint density at radius 1 is 1.25 bits per heavy atom. The first kappa shape index (κ1) is 18.0. The number of ether oxygens (including phenoxy) is 1. The van der Waals surface area contributed by atoms with E-state index in [0.29, 0.717) is 35.3 Å². The number of benzene rings is 2. The summed E-state index contributed by atoms with van der Waals surface area (Å²) in [6, 6.07) is 12.3. The molecule has 7 heteroatoms. The smallest absolute Gasteiger partial charge is 0.251 e. The van der Waals surface area contributed by atoms with Gasteiger partial charge < -0.3 is 19.7 Å². The summed E-state index contributed by atoms with van der Waals surface area (Å²) in [5, 5.41) is 16.4. The molecule has 1 fully saturated rings. The van der Waals surface area contributed by atoms with Crippen molar-refractivity contribution >= 4 is 5.91 Å². The first-order chi connectivity index (χ1) is 13.6. The van der Waals surface area contributed by atoms with Gasteiger partial charge in [0.15, 0.2) is 5.76 Å². The van der Waals surface area contributed by atoms with E-state index < -0.39 is 11.7 Å². The van der Waals surface area contributed by atoms with Crippen LogP contribution in [0.5, 0.6) is 11.5 Å². The molecule has 0 unspecified atom stereocenters. The summed E-state index contributed by atoms with van der Waals surface area (Å²) < 4.78 is 24.6. The Morgan fingerprint density at radius 2 is 2.07 bits per heavy atom. The lowest BCUT2D eigenvalue weighted by Gasteiger charge is -2.09. The van der Waals surface area contributed by atoms with Gasteiger partial charge in [-0.15, -0.1) is 0 Å². The summed E-state index contributed by atoms with van der Waals surface area (Å²) in [4.78, 5) is 12.4. The molecule has 1 aromatic heterocycles. The average molecular weight is 382 g/mol. The fourth-order valence-electron chi connectivity index (χ4n) is 2.76. The molecule has 0 aliphatic heterocycles. The van der Waals surface area contributed by atoms with Gasteiger partial charge in [-0.2, -0.15) is 0 Å². The fraction of sp³-hybridized carbons (Fsp3) is 0.238. The molecule has 144 valence electrons. The minimum atomic E-state index is -0.398. The van der Waals surface area contributed by atoms with E-state index in [2.05, 4.69) is 10.5 Å². The number of aromatic nitrogens is 1. The van der Waals surface area contributed by atoms with Crippen molar-refractivity contribution in [2.24, 2.45) is 5.92 Å². The Morgan fingerprint density at radius 3 is 2.86 bits per heavy atom. The molecule has 1 saturated carbocycles. The Balaban J connectivity index is 1.40. The van der Waals surface area contributed by atoms with Gasteiger partial charge in [-0.1, -0.05) is 17.3 Å². The highest BCUT2D eigenvalue weighted by atomic mass is 19.1. The third kappa shape index (κ3) is 4.31. The maximum atomic E-state index is 13.8. The van der Waals surface area contributed by atoms with Crippen LogP contribution in [0, 0.1) is 11.7 Å². The first-order valence-electron chi connectivity index (χ1n) is 9.04. The van der Waals surface area contributed by atoms with Gasteiger partial charge in [0.2, 0.25) is 0 Å². The summed E-state index contributed by atoms with van der Waals surface area (Å²) in [5.74, 6) is 0.575. The number of hydrogen-bond acceptors (Lipinski definition) is 5. The minimum Gasteiger partial charge on any atom is -0.508 e. The van der Waals surface area contributed by atoms with Crippen molar-refractivity contribution in [3.8, 4) is 22.8 Å².